The van der Waals surface area contributed by atoms with Gasteiger partial charge >= 0.3 is 0 Å². The minimum Gasteiger partial charge on any atom is -0.380 e. The van der Waals surface area contributed by atoms with Crippen LogP contribution in [0.15, 0.2) is 0 Å². The predicted octanol–water partition coefficient (Wildman–Crippen LogP) is 1.16. The van der Waals surface area contributed by atoms with E-state index >= 15 is 0 Å². The Morgan fingerprint density at radius 1 is 1.26 bits per heavy atom. The standard InChI is InChI=1S/C15H31N3O/c1-13(2)10-17-8-5-15(12-16,6-9-17)18-7-4-14(11-18)19-3/h13-14H,4-12,16H2,1-3H3. The van der Waals surface area contributed by atoms with Crippen molar-refractivity contribution in [2.45, 2.75) is 44.8 Å². The number of hydrogen-bond donors (Lipinski definition) is 1. The van der Waals surface area contributed by atoms with Gasteiger partial charge in [0.05, 0.1) is 6.10 Å². The topological polar surface area (TPSA) is 41.7 Å². The number of hydrogen-bond acceptors (Lipinski definition) is 4. The van der Waals surface area contributed by atoms with Crippen LogP contribution in [0.4, 0.5) is 0 Å². The molecule has 19 heavy (non-hydrogen) atoms. The summed E-state index contributed by atoms with van der Waals surface area (Å²) in [4.78, 5) is 5.20. The fraction of sp³-hybridized carbons (Fsp3) is 1.00. The Kier molecular flexibility index (Phi) is 5.23. The first-order valence-electron chi connectivity index (χ1n) is 7.80. The number of piperidine rings is 1. The first-order chi connectivity index (χ1) is 9.09. The molecule has 0 saturated carbocycles. The second-order valence-corrected chi connectivity index (χ2v) is 6.72. The maximum atomic E-state index is 6.15. The quantitative estimate of drug-likeness (QED) is 0.813. The maximum absolute atomic E-state index is 6.15. The molecule has 2 fully saturated rings. The molecule has 2 aliphatic rings. The lowest BCUT2D eigenvalue weighted by molar-refractivity contribution is 0.0249. The van der Waals surface area contributed by atoms with Crippen molar-refractivity contribution in [1.29, 1.82) is 0 Å². The fourth-order valence-electron chi connectivity index (χ4n) is 3.67. The van der Waals surface area contributed by atoms with Crippen LogP contribution in [0.2, 0.25) is 0 Å². The van der Waals surface area contributed by atoms with Crippen LogP contribution < -0.4 is 5.73 Å². The van der Waals surface area contributed by atoms with Crippen molar-refractivity contribution in [3.05, 3.63) is 0 Å². The number of likely N-dealkylation sites (tertiary alicyclic amines) is 2. The minimum atomic E-state index is 0.237. The van der Waals surface area contributed by atoms with Crippen LogP contribution in [0.3, 0.4) is 0 Å². The molecule has 112 valence electrons. The van der Waals surface area contributed by atoms with Crippen molar-refractivity contribution in [2.24, 2.45) is 11.7 Å². The van der Waals surface area contributed by atoms with E-state index in [1.807, 2.05) is 7.11 Å². The normalized spacial score (nSPS) is 29.2. The highest BCUT2D eigenvalue weighted by Crippen LogP contribution is 2.32. The molecule has 1 atom stereocenters. The summed E-state index contributed by atoms with van der Waals surface area (Å²) in [6.45, 7) is 11.2. The molecule has 0 amide bonds. The van der Waals surface area contributed by atoms with E-state index in [9.17, 15) is 0 Å². The number of nitrogens with two attached hydrogens (primary N) is 1. The highest BCUT2D eigenvalue weighted by molar-refractivity contribution is 4.99. The third-order valence-corrected chi connectivity index (χ3v) is 4.94. The lowest BCUT2D eigenvalue weighted by Gasteiger charge is -2.47. The van der Waals surface area contributed by atoms with Crippen molar-refractivity contribution in [3.8, 4) is 0 Å². The van der Waals surface area contributed by atoms with Gasteiger partial charge in [-0.05, 0) is 38.3 Å². The van der Waals surface area contributed by atoms with Gasteiger partial charge in [0.1, 0.15) is 0 Å². The van der Waals surface area contributed by atoms with Crippen LogP contribution in [-0.4, -0.2) is 67.8 Å². The Balaban J connectivity index is 1.91. The number of methoxy groups -OCH3 is 1. The van der Waals surface area contributed by atoms with E-state index in [-0.39, 0.29) is 5.54 Å². The zero-order chi connectivity index (χ0) is 13.9. The molecule has 1 unspecified atom stereocenters. The second-order valence-electron chi connectivity index (χ2n) is 6.72. The molecule has 2 N–H and O–H groups in total. The van der Waals surface area contributed by atoms with Gasteiger partial charge in [-0.2, -0.15) is 0 Å². The van der Waals surface area contributed by atoms with Crippen LogP contribution in [0.25, 0.3) is 0 Å². The summed E-state index contributed by atoms with van der Waals surface area (Å²) in [6.07, 6.45) is 4.00. The molecule has 2 aliphatic heterocycles. The summed E-state index contributed by atoms with van der Waals surface area (Å²) < 4.78 is 5.50. The van der Waals surface area contributed by atoms with Gasteiger partial charge in [0, 0.05) is 38.8 Å². The van der Waals surface area contributed by atoms with Crippen LogP contribution in [0, 0.1) is 5.92 Å². The lowest BCUT2D eigenvalue weighted by Crippen LogP contribution is -2.59. The van der Waals surface area contributed by atoms with E-state index in [1.54, 1.807) is 0 Å². The molecular formula is C15H31N3O. The van der Waals surface area contributed by atoms with Gasteiger partial charge in [0.25, 0.3) is 0 Å². The summed E-state index contributed by atoms with van der Waals surface area (Å²) in [6, 6.07) is 0. The monoisotopic (exact) mass is 269 g/mol. The molecule has 0 spiro atoms. The zero-order valence-corrected chi connectivity index (χ0v) is 12.9. The van der Waals surface area contributed by atoms with Gasteiger partial charge in [-0.15, -0.1) is 0 Å². The van der Waals surface area contributed by atoms with E-state index in [2.05, 4.69) is 23.6 Å². The first kappa shape index (κ1) is 15.2. The number of rotatable bonds is 5. The van der Waals surface area contributed by atoms with Crippen molar-refractivity contribution in [3.63, 3.8) is 0 Å². The molecule has 4 nitrogen and oxygen atoms in total. The Morgan fingerprint density at radius 2 is 1.95 bits per heavy atom. The highest BCUT2D eigenvalue weighted by atomic mass is 16.5. The van der Waals surface area contributed by atoms with E-state index < -0.39 is 0 Å². The summed E-state index contributed by atoms with van der Waals surface area (Å²) in [7, 11) is 1.83. The molecule has 0 bridgehead atoms. The molecule has 0 aromatic rings. The van der Waals surface area contributed by atoms with Crippen LogP contribution in [0.1, 0.15) is 33.1 Å². The summed E-state index contributed by atoms with van der Waals surface area (Å²) >= 11 is 0. The van der Waals surface area contributed by atoms with Crippen molar-refractivity contribution >= 4 is 0 Å². The lowest BCUT2D eigenvalue weighted by atomic mass is 9.85. The smallest absolute Gasteiger partial charge is 0.0710 e. The van der Waals surface area contributed by atoms with Gasteiger partial charge < -0.3 is 15.4 Å². The maximum Gasteiger partial charge on any atom is 0.0710 e. The van der Waals surface area contributed by atoms with E-state index in [1.165, 1.54) is 32.5 Å². The molecule has 2 saturated heterocycles. The average Bonchev–Trinajstić information content (AvgIpc) is 2.89. The van der Waals surface area contributed by atoms with Crippen molar-refractivity contribution < 1.29 is 4.74 Å². The molecule has 0 aromatic heterocycles. The Morgan fingerprint density at radius 3 is 2.42 bits per heavy atom. The summed E-state index contributed by atoms with van der Waals surface area (Å²) in [5.41, 5.74) is 6.39. The zero-order valence-electron chi connectivity index (χ0n) is 12.9. The number of ether oxygens (including phenoxy) is 1. The largest absolute Gasteiger partial charge is 0.380 e. The van der Waals surface area contributed by atoms with Crippen LogP contribution in [0.5, 0.6) is 0 Å². The average molecular weight is 269 g/mol. The summed E-state index contributed by atoms with van der Waals surface area (Å²) in [5, 5.41) is 0. The summed E-state index contributed by atoms with van der Waals surface area (Å²) in [5.74, 6) is 0.759. The minimum absolute atomic E-state index is 0.237. The van der Waals surface area contributed by atoms with Gasteiger partial charge in [-0.1, -0.05) is 13.8 Å². The third kappa shape index (κ3) is 3.48. The fourth-order valence-corrected chi connectivity index (χ4v) is 3.67. The van der Waals surface area contributed by atoms with Gasteiger partial charge in [0.2, 0.25) is 0 Å². The van der Waals surface area contributed by atoms with E-state index in [4.69, 9.17) is 10.5 Å². The molecule has 0 aromatic carbocycles. The molecule has 0 radical (unpaired) electrons. The van der Waals surface area contributed by atoms with Crippen molar-refractivity contribution in [1.82, 2.24) is 9.80 Å². The van der Waals surface area contributed by atoms with Crippen LogP contribution in [-0.2, 0) is 4.74 Å². The van der Waals surface area contributed by atoms with Crippen molar-refractivity contribution in [2.75, 3.05) is 46.4 Å². The second kappa shape index (κ2) is 6.53. The SMILES string of the molecule is COC1CCN(C2(CN)CCN(CC(C)C)CC2)C1. The highest BCUT2D eigenvalue weighted by Gasteiger charge is 2.41. The van der Waals surface area contributed by atoms with Gasteiger partial charge in [-0.25, -0.2) is 0 Å². The van der Waals surface area contributed by atoms with E-state index in [0.717, 1.165) is 32.0 Å². The molecule has 4 heteroatoms. The molecule has 2 rings (SSSR count). The molecular weight excluding hydrogens is 238 g/mol. The third-order valence-electron chi connectivity index (χ3n) is 4.94. The van der Waals surface area contributed by atoms with Crippen LogP contribution >= 0.6 is 0 Å². The molecule has 2 heterocycles. The Hall–Kier alpha value is -0.160. The molecule has 0 aliphatic carbocycles. The van der Waals surface area contributed by atoms with Gasteiger partial charge in [-0.3, -0.25) is 4.90 Å². The van der Waals surface area contributed by atoms with E-state index in [0.29, 0.717) is 6.10 Å². The predicted molar refractivity (Wildman–Crippen MR) is 79.3 cm³/mol. The number of nitrogens with zero attached hydrogens (tertiary/aromatic N) is 2. The Bertz CT molecular complexity index is 275. The van der Waals surface area contributed by atoms with Gasteiger partial charge in [0.15, 0.2) is 0 Å². The first-order valence-corrected chi connectivity index (χ1v) is 7.80. The Labute approximate surface area is 118 Å².